The summed E-state index contributed by atoms with van der Waals surface area (Å²) in [6.07, 6.45) is 0. The molecule has 0 spiro atoms. The van der Waals surface area contributed by atoms with Crippen molar-refractivity contribution in [1.82, 2.24) is 15.0 Å². The minimum atomic E-state index is -0.716. The van der Waals surface area contributed by atoms with Gasteiger partial charge in [-0.1, -0.05) is 0 Å². The topological polar surface area (TPSA) is 77.1 Å². The molecule has 1 aromatic rings. The summed E-state index contributed by atoms with van der Waals surface area (Å²) in [5.41, 5.74) is -0.716. The van der Waals surface area contributed by atoms with E-state index in [0.717, 1.165) is 0 Å². The van der Waals surface area contributed by atoms with E-state index < -0.39 is 5.69 Å². The van der Waals surface area contributed by atoms with E-state index in [1.807, 2.05) is 0 Å². The summed E-state index contributed by atoms with van der Waals surface area (Å²) in [6.45, 7) is 0. The zero-order chi connectivity index (χ0) is 8.27. The summed E-state index contributed by atoms with van der Waals surface area (Å²) in [5, 5.41) is 0. The van der Waals surface area contributed by atoms with Crippen molar-refractivity contribution in [3.8, 4) is 12.0 Å². The van der Waals surface area contributed by atoms with E-state index in [2.05, 4.69) is 23.5 Å². The maximum Gasteiger partial charge on any atom is 0.353 e. The summed E-state index contributed by atoms with van der Waals surface area (Å²) in [6, 6.07) is -0.562. The monoisotopic (exact) mass is 197 g/mol. The lowest BCUT2D eigenvalue weighted by atomic mass is 11.0. The standard InChI is InChI=1S/C3HCl2N3O3/c4-10-2-6-1(9)7-3(8-2)11-5/h(H,6,7,8,9). The average molecular weight is 198 g/mol. The first-order valence-electron chi connectivity index (χ1n) is 2.32. The number of hydrogen-bond acceptors (Lipinski definition) is 5. The number of H-pyrrole nitrogens is 1. The Balaban J connectivity index is 3.12. The molecule has 1 aromatic heterocycles. The number of rotatable bonds is 2. The van der Waals surface area contributed by atoms with Crippen molar-refractivity contribution in [2.45, 2.75) is 0 Å². The lowest BCUT2D eigenvalue weighted by Gasteiger charge is -1.93. The molecule has 0 atom stereocenters. The van der Waals surface area contributed by atoms with E-state index in [1.165, 1.54) is 0 Å². The number of aromatic amines is 1. The van der Waals surface area contributed by atoms with Crippen LogP contribution in [0.2, 0.25) is 0 Å². The van der Waals surface area contributed by atoms with Crippen molar-refractivity contribution >= 4 is 23.7 Å². The van der Waals surface area contributed by atoms with Gasteiger partial charge in [0.1, 0.15) is 23.7 Å². The van der Waals surface area contributed by atoms with Crippen LogP contribution >= 0.6 is 23.7 Å². The highest BCUT2D eigenvalue weighted by Crippen LogP contribution is 2.05. The molecule has 0 saturated heterocycles. The van der Waals surface area contributed by atoms with Crippen LogP contribution in [0.3, 0.4) is 0 Å². The molecule has 6 nitrogen and oxygen atoms in total. The Morgan fingerprint density at radius 3 is 2.55 bits per heavy atom. The first-order chi connectivity index (χ1) is 5.26. The molecule has 0 aliphatic rings. The van der Waals surface area contributed by atoms with Crippen LogP contribution in [0.4, 0.5) is 0 Å². The largest absolute Gasteiger partial charge is 0.353 e. The van der Waals surface area contributed by atoms with Crippen LogP contribution < -0.4 is 14.3 Å². The van der Waals surface area contributed by atoms with Gasteiger partial charge in [-0.2, -0.15) is 0 Å². The Labute approximate surface area is 70.4 Å². The van der Waals surface area contributed by atoms with Crippen molar-refractivity contribution in [3.05, 3.63) is 10.5 Å². The summed E-state index contributed by atoms with van der Waals surface area (Å²) in [5.74, 6) is 0. The van der Waals surface area contributed by atoms with Crippen LogP contribution in [0, 0.1) is 0 Å². The van der Waals surface area contributed by atoms with Gasteiger partial charge >= 0.3 is 17.7 Å². The number of nitrogens with one attached hydrogen (secondary N) is 1. The summed E-state index contributed by atoms with van der Waals surface area (Å²) >= 11 is 9.72. The van der Waals surface area contributed by atoms with Gasteiger partial charge in [0.15, 0.2) is 0 Å². The van der Waals surface area contributed by atoms with Crippen molar-refractivity contribution in [2.75, 3.05) is 0 Å². The van der Waals surface area contributed by atoms with Gasteiger partial charge in [0.05, 0.1) is 0 Å². The number of halogens is 2. The molecule has 0 bridgehead atoms. The Kier molecular flexibility index (Phi) is 2.50. The maximum atomic E-state index is 10.5. The molecule has 1 heterocycles. The molecule has 0 unspecified atom stereocenters. The fourth-order valence-electron chi connectivity index (χ4n) is 0.417. The van der Waals surface area contributed by atoms with Crippen molar-refractivity contribution < 1.29 is 8.58 Å². The van der Waals surface area contributed by atoms with E-state index in [-0.39, 0.29) is 12.0 Å². The number of aromatic nitrogens is 3. The third-order valence-electron chi connectivity index (χ3n) is 0.750. The van der Waals surface area contributed by atoms with E-state index in [9.17, 15) is 4.79 Å². The zero-order valence-corrected chi connectivity index (χ0v) is 6.39. The van der Waals surface area contributed by atoms with Crippen LogP contribution in [-0.4, -0.2) is 15.0 Å². The molecule has 0 aliphatic heterocycles. The molecule has 11 heavy (non-hydrogen) atoms. The normalized spacial score (nSPS) is 9.27. The van der Waals surface area contributed by atoms with Crippen LogP contribution in [0.25, 0.3) is 0 Å². The molecule has 8 heteroatoms. The highest BCUT2D eigenvalue weighted by atomic mass is 35.5. The minimum absolute atomic E-state index is 0.234. The molecule has 0 aromatic carbocycles. The molecular formula is C3HCl2N3O3. The predicted molar refractivity (Wildman–Crippen MR) is 35.6 cm³/mol. The second-order valence-corrected chi connectivity index (χ2v) is 1.70. The number of nitrogens with zero attached hydrogens (tertiary/aromatic N) is 2. The second-order valence-electron chi connectivity index (χ2n) is 1.40. The van der Waals surface area contributed by atoms with Gasteiger partial charge in [-0.05, 0) is 0 Å². The van der Waals surface area contributed by atoms with Gasteiger partial charge in [0.2, 0.25) is 0 Å². The lowest BCUT2D eigenvalue weighted by molar-refractivity contribution is 0.497. The second kappa shape index (κ2) is 3.40. The van der Waals surface area contributed by atoms with Gasteiger partial charge in [-0.25, -0.2) is 4.79 Å². The van der Waals surface area contributed by atoms with Crippen molar-refractivity contribution in [1.29, 1.82) is 0 Å². The molecule has 60 valence electrons. The third kappa shape index (κ3) is 1.95. The Morgan fingerprint density at radius 2 is 2.00 bits per heavy atom. The highest BCUT2D eigenvalue weighted by molar-refractivity contribution is 6.09. The molecular weight excluding hydrogens is 197 g/mol. The molecule has 0 fully saturated rings. The molecule has 0 aliphatic carbocycles. The molecule has 0 saturated carbocycles. The van der Waals surface area contributed by atoms with Crippen LogP contribution in [0.1, 0.15) is 0 Å². The third-order valence-corrected chi connectivity index (χ3v) is 1.03. The van der Waals surface area contributed by atoms with Crippen LogP contribution in [0.5, 0.6) is 12.0 Å². The molecule has 1 N–H and O–H groups in total. The highest BCUT2D eigenvalue weighted by Gasteiger charge is 2.02. The van der Waals surface area contributed by atoms with E-state index in [0.29, 0.717) is 0 Å². The van der Waals surface area contributed by atoms with Crippen molar-refractivity contribution in [3.63, 3.8) is 0 Å². The summed E-state index contributed by atoms with van der Waals surface area (Å²) < 4.78 is 8.09. The Morgan fingerprint density at radius 1 is 1.27 bits per heavy atom. The van der Waals surface area contributed by atoms with Crippen molar-refractivity contribution in [2.24, 2.45) is 0 Å². The first-order valence-corrected chi connectivity index (χ1v) is 2.93. The summed E-state index contributed by atoms with van der Waals surface area (Å²) in [7, 11) is 0. The lowest BCUT2D eigenvalue weighted by Crippen LogP contribution is -2.12. The van der Waals surface area contributed by atoms with Gasteiger partial charge in [-0.3, -0.25) is 4.98 Å². The number of hydrogen-bond donors (Lipinski definition) is 1. The van der Waals surface area contributed by atoms with Gasteiger partial charge < -0.3 is 8.58 Å². The van der Waals surface area contributed by atoms with Crippen LogP contribution in [0.15, 0.2) is 4.79 Å². The van der Waals surface area contributed by atoms with E-state index in [1.54, 1.807) is 0 Å². The summed E-state index contributed by atoms with van der Waals surface area (Å²) in [4.78, 5) is 19.2. The smallest absolute Gasteiger partial charge is 0.347 e. The average Bonchev–Trinajstić information content (AvgIpc) is 2.03. The quantitative estimate of drug-likeness (QED) is 0.735. The molecule has 0 amide bonds. The van der Waals surface area contributed by atoms with Gasteiger partial charge in [0, 0.05) is 0 Å². The minimum Gasteiger partial charge on any atom is -0.347 e. The fourth-order valence-corrected chi connectivity index (χ4v) is 0.559. The first kappa shape index (κ1) is 8.09. The van der Waals surface area contributed by atoms with Crippen LogP contribution in [-0.2, 0) is 0 Å². The van der Waals surface area contributed by atoms with E-state index >= 15 is 0 Å². The molecule has 0 radical (unpaired) electrons. The van der Waals surface area contributed by atoms with E-state index in [4.69, 9.17) is 23.7 Å². The Bertz CT molecular complexity index is 275. The van der Waals surface area contributed by atoms with Gasteiger partial charge in [-0.15, -0.1) is 9.97 Å². The fraction of sp³-hybridized carbons (Fsp3) is 0. The van der Waals surface area contributed by atoms with Gasteiger partial charge in [0.25, 0.3) is 0 Å². The maximum absolute atomic E-state index is 10.5. The predicted octanol–water partition coefficient (Wildman–Crippen LogP) is 0.230. The zero-order valence-electron chi connectivity index (χ0n) is 4.88. The SMILES string of the molecule is O=c1nc(OCl)nc(OCl)[nH]1. The Hall–Kier alpha value is -1.01. The molecule has 1 rings (SSSR count).